The van der Waals surface area contributed by atoms with E-state index >= 15 is 0 Å². The average molecular weight is 374 g/mol. The van der Waals surface area contributed by atoms with Gasteiger partial charge < -0.3 is 13.9 Å². The van der Waals surface area contributed by atoms with Gasteiger partial charge in [-0.05, 0) is 30.5 Å². The van der Waals surface area contributed by atoms with E-state index in [4.69, 9.17) is 13.9 Å². The van der Waals surface area contributed by atoms with Crippen molar-refractivity contribution in [1.82, 2.24) is 0 Å². The third kappa shape index (κ3) is 3.34. The number of ether oxygens (including phenoxy) is 2. The summed E-state index contributed by atoms with van der Waals surface area (Å²) in [7, 11) is 0. The van der Waals surface area contributed by atoms with E-state index in [1.165, 1.54) is 0 Å². The van der Waals surface area contributed by atoms with E-state index in [0.29, 0.717) is 22.3 Å². The molecule has 0 fully saturated rings. The van der Waals surface area contributed by atoms with E-state index in [2.05, 4.69) is 0 Å². The van der Waals surface area contributed by atoms with E-state index in [0.717, 1.165) is 10.8 Å². The third-order valence-electron chi connectivity index (χ3n) is 4.45. The lowest BCUT2D eigenvalue weighted by molar-refractivity contribution is -0.151. The molecule has 0 radical (unpaired) electrons. The predicted molar refractivity (Wildman–Crippen MR) is 106 cm³/mol. The standard InChI is InChI=1S/C23H18O5/c1-2-26-23(25)21(15-8-4-3-5-9-15)27-16-12-13-18-17-10-6-7-11-19(17)22(24)28-20(18)14-16/h3-14,21H,2H2,1H3. The molecular formula is C23H18O5. The van der Waals surface area contributed by atoms with Crippen molar-refractivity contribution in [3.05, 3.63) is 88.8 Å². The summed E-state index contributed by atoms with van der Waals surface area (Å²) in [5.41, 5.74) is 0.670. The van der Waals surface area contributed by atoms with Crippen LogP contribution in [0.5, 0.6) is 5.75 Å². The summed E-state index contributed by atoms with van der Waals surface area (Å²) in [6, 6.07) is 21.6. The monoisotopic (exact) mass is 374 g/mol. The van der Waals surface area contributed by atoms with Crippen LogP contribution >= 0.6 is 0 Å². The molecule has 0 saturated carbocycles. The van der Waals surface area contributed by atoms with Crippen LogP contribution in [0.25, 0.3) is 21.7 Å². The Kier molecular flexibility index (Phi) is 4.81. The molecule has 0 N–H and O–H groups in total. The van der Waals surface area contributed by atoms with Gasteiger partial charge in [0.1, 0.15) is 11.3 Å². The zero-order chi connectivity index (χ0) is 19.5. The van der Waals surface area contributed by atoms with Crippen molar-refractivity contribution in [2.45, 2.75) is 13.0 Å². The zero-order valence-electron chi connectivity index (χ0n) is 15.3. The first-order valence-electron chi connectivity index (χ1n) is 9.01. The highest BCUT2D eigenvalue weighted by atomic mass is 16.6. The minimum Gasteiger partial charge on any atom is -0.474 e. The number of fused-ring (bicyclic) bond motifs is 3. The average Bonchev–Trinajstić information content (AvgIpc) is 2.73. The summed E-state index contributed by atoms with van der Waals surface area (Å²) in [6.45, 7) is 2.00. The molecule has 0 aliphatic heterocycles. The number of carbonyl (C=O) groups excluding carboxylic acids is 1. The molecule has 4 rings (SSSR count). The first-order valence-corrected chi connectivity index (χ1v) is 9.01. The molecule has 1 atom stereocenters. The van der Waals surface area contributed by atoms with Gasteiger partial charge in [-0.1, -0.05) is 48.5 Å². The minimum absolute atomic E-state index is 0.254. The number of esters is 1. The second kappa shape index (κ2) is 7.56. The van der Waals surface area contributed by atoms with Crippen molar-refractivity contribution in [1.29, 1.82) is 0 Å². The molecule has 0 bridgehead atoms. The van der Waals surface area contributed by atoms with Crippen molar-refractivity contribution >= 4 is 27.7 Å². The highest BCUT2D eigenvalue weighted by Crippen LogP contribution is 2.29. The second-order valence-corrected chi connectivity index (χ2v) is 6.25. The Balaban J connectivity index is 1.76. The highest BCUT2D eigenvalue weighted by molar-refractivity contribution is 6.04. The first-order chi connectivity index (χ1) is 13.7. The van der Waals surface area contributed by atoms with Gasteiger partial charge in [0.05, 0.1) is 12.0 Å². The van der Waals surface area contributed by atoms with Crippen LogP contribution < -0.4 is 10.4 Å². The number of rotatable bonds is 5. The van der Waals surface area contributed by atoms with Crippen molar-refractivity contribution in [3.8, 4) is 5.75 Å². The Labute approximate surface area is 161 Å². The summed E-state index contributed by atoms with van der Waals surface area (Å²) in [6.07, 6.45) is -0.911. The van der Waals surface area contributed by atoms with Crippen LogP contribution in [0, 0.1) is 0 Å². The van der Waals surface area contributed by atoms with Gasteiger partial charge in [-0.3, -0.25) is 0 Å². The smallest absolute Gasteiger partial charge is 0.352 e. The van der Waals surface area contributed by atoms with Gasteiger partial charge in [0, 0.05) is 17.0 Å². The topological polar surface area (TPSA) is 65.7 Å². The Hall–Kier alpha value is -3.60. The van der Waals surface area contributed by atoms with Crippen LogP contribution in [-0.4, -0.2) is 12.6 Å². The molecule has 5 heteroatoms. The molecule has 4 aromatic rings. The molecular weight excluding hydrogens is 356 g/mol. The Morgan fingerprint density at radius 1 is 0.929 bits per heavy atom. The lowest BCUT2D eigenvalue weighted by Gasteiger charge is -2.18. The van der Waals surface area contributed by atoms with Gasteiger partial charge in [0.2, 0.25) is 6.10 Å². The molecule has 28 heavy (non-hydrogen) atoms. The maximum Gasteiger partial charge on any atom is 0.352 e. The number of benzene rings is 3. The fourth-order valence-electron chi connectivity index (χ4n) is 3.17. The lowest BCUT2D eigenvalue weighted by Crippen LogP contribution is -2.21. The SMILES string of the molecule is CCOC(=O)C(Oc1ccc2c(c1)oc(=O)c1ccccc12)c1ccccc1. The van der Waals surface area contributed by atoms with E-state index in [1.54, 1.807) is 43.3 Å². The normalized spacial score (nSPS) is 12.0. The molecule has 0 aliphatic rings. The molecule has 1 aromatic heterocycles. The maximum atomic E-state index is 12.4. The number of hydrogen-bond donors (Lipinski definition) is 0. The first kappa shape index (κ1) is 17.8. The largest absolute Gasteiger partial charge is 0.474 e. The highest BCUT2D eigenvalue weighted by Gasteiger charge is 2.24. The molecule has 140 valence electrons. The summed E-state index contributed by atoms with van der Waals surface area (Å²) in [5, 5.41) is 2.14. The van der Waals surface area contributed by atoms with Gasteiger partial charge in [0.15, 0.2) is 0 Å². The molecule has 5 nitrogen and oxygen atoms in total. The fraction of sp³-hybridized carbons (Fsp3) is 0.130. The Morgan fingerprint density at radius 3 is 2.39 bits per heavy atom. The van der Waals surface area contributed by atoms with Gasteiger partial charge in [-0.25, -0.2) is 9.59 Å². The third-order valence-corrected chi connectivity index (χ3v) is 4.45. The minimum atomic E-state index is -0.911. The number of carbonyl (C=O) groups is 1. The zero-order valence-corrected chi connectivity index (χ0v) is 15.3. The van der Waals surface area contributed by atoms with Gasteiger partial charge >= 0.3 is 11.6 Å². The van der Waals surface area contributed by atoms with Crippen molar-refractivity contribution < 1.29 is 18.7 Å². The lowest BCUT2D eigenvalue weighted by atomic mass is 10.1. The van der Waals surface area contributed by atoms with Crippen LogP contribution in [0.1, 0.15) is 18.6 Å². The van der Waals surface area contributed by atoms with E-state index < -0.39 is 17.7 Å². The van der Waals surface area contributed by atoms with Crippen LogP contribution in [0.3, 0.4) is 0 Å². The van der Waals surface area contributed by atoms with Crippen molar-refractivity contribution in [2.24, 2.45) is 0 Å². The van der Waals surface area contributed by atoms with Crippen molar-refractivity contribution in [2.75, 3.05) is 6.61 Å². The summed E-state index contributed by atoms with van der Waals surface area (Å²) < 4.78 is 16.6. The maximum absolute atomic E-state index is 12.4. The van der Waals surface area contributed by atoms with E-state index in [-0.39, 0.29) is 6.61 Å². The summed E-state index contributed by atoms with van der Waals surface area (Å²) >= 11 is 0. The predicted octanol–water partition coefficient (Wildman–Crippen LogP) is 4.63. The van der Waals surface area contributed by atoms with Gasteiger partial charge in [0.25, 0.3) is 0 Å². The Bertz CT molecular complexity index is 1190. The van der Waals surface area contributed by atoms with Crippen molar-refractivity contribution in [3.63, 3.8) is 0 Å². The molecule has 3 aromatic carbocycles. The van der Waals surface area contributed by atoms with Crippen LogP contribution in [0.4, 0.5) is 0 Å². The fourth-order valence-corrected chi connectivity index (χ4v) is 3.17. The summed E-state index contributed by atoms with van der Waals surface area (Å²) in [5.74, 6) is -0.0680. The molecule has 0 aliphatic carbocycles. The molecule has 0 spiro atoms. The molecule has 1 heterocycles. The van der Waals surface area contributed by atoms with Gasteiger partial charge in [-0.15, -0.1) is 0 Å². The summed E-state index contributed by atoms with van der Waals surface area (Å²) in [4.78, 5) is 24.7. The van der Waals surface area contributed by atoms with E-state index in [1.807, 2.05) is 36.4 Å². The van der Waals surface area contributed by atoms with Crippen LogP contribution in [-0.2, 0) is 9.53 Å². The van der Waals surface area contributed by atoms with Crippen LogP contribution in [0.2, 0.25) is 0 Å². The van der Waals surface area contributed by atoms with Gasteiger partial charge in [-0.2, -0.15) is 0 Å². The number of hydrogen-bond acceptors (Lipinski definition) is 5. The quantitative estimate of drug-likeness (QED) is 0.289. The molecule has 0 amide bonds. The molecule has 0 saturated heterocycles. The van der Waals surface area contributed by atoms with Crippen LogP contribution in [0.15, 0.2) is 82.0 Å². The molecule has 1 unspecified atom stereocenters. The van der Waals surface area contributed by atoms with E-state index in [9.17, 15) is 9.59 Å². The second-order valence-electron chi connectivity index (χ2n) is 6.25. The Morgan fingerprint density at radius 2 is 1.64 bits per heavy atom.